The van der Waals surface area contributed by atoms with Gasteiger partial charge in [0.05, 0.1) is 0 Å². The van der Waals surface area contributed by atoms with Crippen LogP contribution in [0.2, 0.25) is 0 Å². The van der Waals surface area contributed by atoms with Crippen LogP contribution < -0.4 is 5.73 Å². The van der Waals surface area contributed by atoms with E-state index in [1.165, 1.54) is 24.1 Å². The zero-order chi connectivity index (χ0) is 8.84. The molecule has 2 N–H and O–H groups in total. The highest BCUT2D eigenvalue weighted by Gasteiger charge is 2.47. The molecule has 2 aliphatic rings. The standard InChI is InChI=1S/C10H14N2S/c11-10(9-1-2-12-13-9)8-4-6-3-7(6)5-8/h1-2,6-8,10H,3-5,11H2. The van der Waals surface area contributed by atoms with E-state index in [2.05, 4.69) is 10.4 Å². The average molecular weight is 194 g/mol. The second-order valence-corrected chi connectivity index (χ2v) is 5.29. The molecule has 2 aliphatic carbocycles. The molecule has 2 saturated carbocycles. The predicted molar refractivity (Wildman–Crippen MR) is 53.4 cm³/mol. The van der Waals surface area contributed by atoms with Gasteiger partial charge in [-0.2, -0.15) is 0 Å². The van der Waals surface area contributed by atoms with Crippen LogP contribution in [0.5, 0.6) is 0 Å². The molecule has 3 heteroatoms. The largest absolute Gasteiger partial charge is 0.323 e. The number of aromatic nitrogens is 1. The minimum atomic E-state index is 0.264. The molecule has 2 nitrogen and oxygen atoms in total. The van der Waals surface area contributed by atoms with Crippen molar-refractivity contribution >= 4 is 11.5 Å². The molecule has 0 aromatic carbocycles. The molecule has 2 fully saturated rings. The summed E-state index contributed by atoms with van der Waals surface area (Å²) in [6.07, 6.45) is 6.06. The maximum atomic E-state index is 6.20. The van der Waals surface area contributed by atoms with Crippen LogP contribution in [-0.2, 0) is 0 Å². The van der Waals surface area contributed by atoms with Crippen molar-refractivity contribution in [1.82, 2.24) is 4.37 Å². The maximum Gasteiger partial charge on any atom is 0.0434 e. The monoisotopic (exact) mass is 194 g/mol. The van der Waals surface area contributed by atoms with Gasteiger partial charge in [0.1, 0.15) is 0 Å². The van der Waals surface area contributed by atoms with Crippen LogP contribution in [0.1, 0.15) is 30.2 Å². The number of hydrogen-bond acceptors (Lipinski definition) is 3. The molecule has 0 bridgehead atoms. The fourth-order valence-electron chi connectivity index (χ4n) is 2.68. The Morgan fingerprint density at radius 3 is 2.77 bits per heavy atom. The summed E-state index contributed by atoms with van der Waals surface area (Å²) in [6.45, 7) is 0. The van der Waals surface area contributed by atoms with Gasteiger partial charge in [0.25, 0.3) is 0 Å². The van der Waals surface area contributed by atoms with Crippen molar-refractivity contribution in [3.05, 3.63) is 17.1 Å². The molecule has 70 valence electrons. The zero-order valence-electron chi connectivity index (χ0n) is 7.52. The van der Waals surface area contributed by atoms with E-state index in [1.807, 2.05) is 6.20 Å². The summed E-state index contributed by atoms with van der Waals surface area (Å²) in [5, 5.41) is 0. The Morgan fingerprint density at radius 2 is 2.15 bits per heavy atom. The van der Waals surface area contributed by atoms with Crippen LogP contribution in [0.25, 0.3) is 0 Å². The van der Waals surface area contributed by atoms with E-state index in [-0.39, 0.29) is 6.04 Å². The molecule has 1 heterocycles. The molecule has 3 unspecified atom stereocenters. The van der Waals surface area contributed by atoms with Crippen LogP contribution in [0, 0.1) is 17.8 Å². The smallest absolute Gasteiger partial charge is 0.0434 e. The van der Waals surface area contributed by atoms with Gasteiger partial charge < -0.3 is 5.73 Å². The second kappa shape index (κ2) is 2.79. The van der Waals surface area contributed by atoms with Crippen molar-refractivity contribution in [3.63, 3.8) is 0 Å². The number of rotatable bonds is 2. The quantitative estimate of drug-likeness (QED) is 0.783. The summed E-state index contributed by atoms with van der Waals surface area (Å²) in [7, 11) is 0. The van der Waals surface area contributed by atoms with E-state index in [0.717, 1.165) is 17.8 Å². The summed E-state index contributed by atoms with van der Waals surface area (Å²) < 4.78 is 4.11. The molecule has 13 heavy (non-hydrogen) atoms. The first-order valence-electron chi connectivity index (χ1n) is 5.01. The summed E-state index contributed by atoms with van der Waals surface area (Å²) >= 11 is 1.56. The lowest BCUT2D eigenvalue weighted by Crippen LogP contribution is -2.19. The van der Waals surface area contributed by atoms with Gasteiger partial charge >= 0.3 is 0 Å². The molecule has 3 rings (SSSR count). The third-order valence-electron chi connectivity index (χ3n) is 3.57. The Labute approximate surface area is 82.3 Å². The molecule has 1 aromatic rings. The molecule has 0 spiro atoms. The average Bonchev–Trinajstić information content (AvgIpc) is 2.63. The Morgan fingerprint density at radius 1 is 1.38 bits per heavy atom. The van der Waals surface area contributed by atoms with Crippen LogP contribution >= 0.6 is 11.5 Å². The highest BCUT2D eigenvalue weighted by atomic mass is 32.1. The zero-order valence-corrected chi connectivity index (χ0v) is 8.33. The van der Waals surface area contributed by atoms with Crippen LogP contribution in [-0.4, -0.2) is 4.37 Å². The highest BCUT2D eigenvalue weighted by Crippen LogP contribution is 2.56. The number of fused-ring (bicyclic) bond motifs is 1. The van der Waals surface area contributed by atoms with Gasteiger partial charge in [-0.15, -0.1) is 0 Å². The van der Waals surface area contributed by atoms with Gasteiger partial charge in [-0.05, 0) is 54.6 Å². The van der Waals surface area contributed by atoms with Crippen molar-refractivity contribution in [2.24, 2.45) is 23.5 Å². The third-order valence-corrected chi connectivity index (χ3v) is 4.42. The number of nitrogens with zero attached hydrogens (tertiary/aromatic N) is 1. The molecular formula is C10H14N2S. The van der Waals surface area contributed by atoms with Gasteiger partial charge in [0, 0.05) is 17.1 Å². The Balaban J connectivity index is 1.72. The van der Waals surface area contributed by atoms with Gasteiger partial charge in [-0.25, -0.2) is 4.37 Å². The number of nitrogens with two attached hydrogens (primary N) is 1. The highest BCUT2D eigenvalue weighted by molar-refractivity contribution is 7.05. The van der Waals surface area contributed by atoms with Crippen molar-refractivity contribution in [2.75, 3.05) is 0 Å². The Hall–Kier alpha value is -0.410. The first-order valence-corrected chi connectivity index (χ1v) is 5.78. The Bertz CT molecular complexity index is 286. The van der Waals surface area contributed by atoms with Crippen LogP contribution in [0.15, 0.2) is 12.3 Å². The van der Waals surface area contributed by atoms with Crippen molar-refractivity contribution in [3.8, 4) is 0 Å². The molecule has 0 radical (unpaired) electrons. The normalized spacial score (nSPS) is 38.7. The van der Waals surface area contributed by atoms with E-state index < -0.39 is 0 Å². The van der Waals surface area contributed by atoms with E-state index >= 15 is 0 Å². The van der Waals surface area contributed by atoms with Gasteiger partial charge in [-0.3, -0.25) is 0 Å². The molecule has 0 saturated heterocycles. The van der Waals surface area contributed by atoms with Gasteiger partial charge in [0.2, 0.25) is 0 Å². The lowest BCUT2D eigenvalue weighted by Gasteiger charge is -2.18. The summed E-state index contributed by atoms with van der Waals surface area (Å²) in [5.74, 6) is 2.80. The SMILES string of the molecule is NC(c1ccns1)C1CC2CC2C1. The minimum absolute atomic E-state index is 0.264. The summed E-state index contributed by atoms with van der Waals surface area (Å²) in [4.78, 5) is 1.27. The minimum Gasteiger partial charge on any atom is -0.323 e. The Kier molecular flexibility index (Phi) is 1.70. The van der Waals surface area contributed by atoms with Gasteiger partial charge in [-0.1, -0.05) is 0 Å². The summed E-state index contributed by atoms with van der Waals surface area (Å²) in [6, 6.07) is 2.33. The van der Waals surface area contributed by atoms with Gasteiger partial charge in [0.15, 0.2) is 0 Å². The van der Waals surface area contributed by atoms with E-state index in [1.54, 1.807) is 11.5 Å². The predicted octanol–water partition coefficient (Wildman–Crippen LogP) is 2.19. The van der Waals surface area contributed by atoms with Crippen LogP contribution in [0.4, 0.5) is 0 Å². The molecule has 0 amide bonds. The summed E-state index contributed by atoms with van der Waals surface area (Å²) in [5.41, 5.74) is 6.20. The first kappa shape index (κ1) is 7.94. The molecular weight excluding hydrogens is 180 g/mol. The third kappa shape index (κ3) is 1.30. The molecule has 1 aromatic heterocycles. The van der Waals surface area contributed by atoms with Crippen molar-refractivity contribution in [2.45, 2.75) is 25.3 Å². The van der Waals surface area contributed by atoms with Crippen molar-refractivity contribution < 1.29 is 0 Å². The topological polar surface area (TPSA) is 38.9 Å². The lowest BCUT2D eigenvalue weighted by atomic mass is 9.94. The fourth-order valence-corrected chi connectivity index (χ4v) is 3.36. The van der Waals surface area contributed by atoms with Crippen molar-refractivity contribution in [1.29, 1.82) is 0 Å². The molecule has 3 atom stereocenters. The van der Waals surface area contributed by atoms with E-state index in [9.17, 15) is 0 Å². The fraction of sp³-hybridized carbons (Fsp3) is 0.700. The second-order valence-electron chi connectivity index (χ2n) is 4.43. The lowest BCUT2D eigenvalue weighted by molar-refractivity contribution is 0.408. The van der Waals surface area contributed by atoms with Crippen LogP contribution in [0.3, 0.4) is 0 Å². The first-order chi connectivity index (χ1) is 6.34. The maximum absolute atomic E-state index is 6.20. The number of hydrogen-bond donors (Lipinski definition) is 1. The van der Waals surface area contributed by atoms with E-state index in [4.69, 9.17) is 5.73 Å². The van der Waals surface area contributed by atoms with E-state index in [0.29, 0.717) is 0 Å². The molecule has 0 aliphatic heterocycles.